The van der Waals surface area contributed by atoms with Crippen LogP contribution in [0.25, 0.3) is 0 Å². The van der Waals surface area contributed by atoms with Crippen LogP contribution >= 0.6 is 0 Å². The van der Waals surface area contributed by atoms with Crippen molar-refractivity contribution in [2.75, 3.05) is 29.9 Å². The predicted octanol–water partition coefficient (Wildman–Crippen LogP) is 4.52. The fraction of sp³-hybridized carbons (Fsp3) is 0.500. The van der Waals surface area contributed by atoms with Gasteiger partial charge < -0.3 is 15.5 Å². The average molecular weight is 411 g/mol. The van der Waals surface area contributed by atoms with Crippen LogP contribution in [0.2, 0.25) is 0 Å². The highest BCUT2D eigenvalue weighted by atomic mass is 19.4. The number of nitrogens with one attached hydrogen (secondary N) is 2. The van der Waals surface area contributed by atoms with E-state index in [-0.39, 0.29) is 11.6 Å². The van der Waals surface area contributed by atoms with Gasteiger partial charge in [0.05, 0.1) is 5.56 Å². The Morgan fingerprint density at radius 2 is 1.97 bits per heavy atom. The molecule has 1 saturated heterocycles. The summed E-state index contributed by atoms with van der Waals surface area (Å²) in [5.41, 5.74) is -0.421. The molecule has 1 atom stereocenters. The van der Waals surface area contributed by atoms with Crippen molar-refractivity contribution in [2.45, 2.75) is 45.3 Å². The molecule has 158 valence electrons. The molecule has 0 saturated carbocycles. The fourth-order valence-electron chi connectivity index (χ4n) is 3.46. The van der Waals surface area contributed by atoms with E-state index in [0.717, 1.165) is 62.5 Å². The van der Waals surface area contributed by atoms with Crippen molar-refractivity contribution in [3.63, 3.8) is 0 Å². The summed E-state index contributed by atoms with van der Waals surface area (Å²) in [6, 6.07) is 5.09. The van der Waals surface area contributed by atoms with Crippen molar-refractivity contribution in [3.8, 4) is 0 Å². The molecule has 0 unspecified atom stereocenters. The molecule has 2 aromatic rings. The zero-order chi connectivity index (χ0) is 21.0. The lowest BCUT2D eigenvalue weighted by atomic mass is 10.2. The quantitative estimate of drug-likeness (QED) is 0.657. The molecule has 3 rings (SSSR count). The molecule has 0 aliphatic carbocycles. The largest absolute Gasteiger partial charge is 0.419 e. The van der Waals surface area contributed by atoms with E-state index in [1.807, 2.05) is 13.0 Å². The van der Waals surface area contributed by atoms with Crippen molar-refractivity contribution in [2.24, 2.45) is 0 Å². The van der Waals surface area contributed by atoms with Crippen molar-refractivity contribution in [1.29, 1.82) is 0 Å². The van der Waals surface area contributed by atoms with Crippen molar-refractivity contribution >= 4 is 17.5 Å². The topological polar surface area (TPSA) is 53.1 Å². The third kappa shape index (κ3) is 5.35. The lowest BCUT2D eigenvalue weighted by Crippen LogP contribution is -2.32. The van der Waals surface area contributed by atoms with Crippen LogP contribution in [0.3, 0.4) is 0 Å². The first-order chi connectivity index (χ1) is 13.8. The zero-order valence-electron chi connectivity index (χ0n) is 16.5. The van der Waals surface area contributed by atoms with Gasteiger partial charge in [0.25, 0.3) is 0 Å². The lowest BCUT2D eigenvalue weighted by molar-refractivity contribution is -0.139. The Hall–Kier alpha value is -2.42. The first kappa shape index (κ1) is 21.3. The molecule has 1 aliphatic rings. The van der Waals surface area contributed by atoms with Gasteiger partial charge in [-0.05, 0) is 37.6 Å². The molecule has 0 spiro atoms. The minimum absolute atomic E-state index is 0.0882. The first-order valence-electron chi connectivity index (χ1n) is 9.80. The zero-order valence-corrected chi connectivity index (χ0v) is 16.5. The van der Waals surface area contributed by atoms with E-state index in [9.17, 15) is 17.6 Å². The van der Waals surface area contributed by atoms with E-state index >= 15 is 0 Å². The Morgan fingerprint density at radius 1 is 1.17 bits per heavy atom. The van der Waals surface area contributed by atoms with Gasteiger partial charge in [-0.15, -0.1) is 0 Å². The Kier molecular flexibility index (Phi) is 6.56. The van der Waals surface area contributed by atoms with Crippen LogP contribution < -0.4 is 15.5 Å². The molecular weight excluding hydrogens is 386 g/mol. The van der Waals surface area contributed by atoms with Crippen LogP contribution in [-0.2, 0) is 12.6 Å². The van der Waals surface area contributed by atoms with Gasteiger partial charge in [0.15, 0.2) is 0 Å². The molecule has 5 nitrogen and oxygen atoms in total. The number of rotatable bonds is 7. The summed E-state index contributed by atoms with van der Waals surface area (Å²) in [4.78, 5) is 11.1. The number of anilines is 3. The number of aryl methyl sites for hydroxylation is 1. The Balaban J connectivity index is 1.87. The van der Waals surface area contributed by atoms with Crippen LogP contribution in [0.15, 0.2) is 24.3 Å². The molecule has 1 fully saturated rings. The maximum atomic E-state index is 13.5. The minimum Gasteiger partial charge on any atom is -0.355 e. The van der Waals surface area contributed by atoms with E-state index in [0.29, 0.717) is 6.04 Å². The maximum Gasteiger partial charge on any atom is 0.419 e. The number of halogens is 4. The van der Waals surface area contributed by atoms with Gasteiger partial charge in [-0.1, -0.05) is 20.3 Å². The highest BCUT2D eigenvalue weighted by Crippen LogP contribution is 2.33. The molecule has 0 amide bonds. The summed E-state index contributed by atoms with van der Waals surface area (Å²) in [6.07, 6.45) is -2.16. The number of alkyl halides is 3. The maximum absolute atomic E-state index is 13.5. The first-order valence-corrected chi connectivity index (χ1v) is 9.80. The summed E-state index contributed by atoms with van der Waals surface area (Å²) in [6.45, 7) is 6.63. The standard InChI is InChI=1S/C20H25F4N5/c1-3-5-13-11-18(29-9-8-15(12-29)25-4-2)28-19(26-13)27-14-6-7-17(21)16(10-14)20(22,23)24/h6-7,10-11,15,25H,3-5,8-9,12H2,1-2H3,(H,26,27,28)/t15-/m0/s1. The number of benzene rings is 1. The molecule has 29 heavy (non-hydrogen) atoms. The van der Waals surface area contributed by atoms with Crippen molar-refractivity contribution < 1.29 is 17.6 Å². The summed E-state index contributed by atoms with van der Waals surface area (Å²) < 4.78 is 52.5. The van der Waals surface area contributed by atoms with Gasteiger partial charge in [0.1, 0.15) is 11.6 Å². The summed E-state index contributed by atoms with van der Waals surface area (Å²) in [5, 5.41) is 6.23. The van der Waals surface area contributed by atoms with E-state index in [1.54, 1.807) is 0 Å². The second-order valence-electron chi connectivity index (χ2n) is 7.10. The number of nitrogens with zero attached hydrogens (tertiary/aromatic N) is 3. The molecule has 0 radical (unpaired) electrons. The van der Waals surface area contributed by atoms with Crippen molar-refractivity contribution in [1.82, 2.24) is 15.3 Å². The fourth-order valence-corrected chi connectivity index (χ4v) is 3.46. The van der Waals surface area contributed by atoms with E-state index < -0.39 is 17.6 Å². The number of hydrogen-bond donors (Lipinski definition) is 2. The van der Waals surface area contributed by atoms with Gasteiger partial charge in [-0.2, -0.15) is 18.2 Å². The highest BCUT2D eigenvalue weighted by molar-refractivity contribution is 5.57. The SMILES string of the molecule is CCCc1cc(N2CC[C@H](NCC)C2)nc(Nc2ccc(F)c(C(F)(F)F)c2)n1. The number of hydrogen-bond acceptors (Lipinski definition) is 5. The van der Waals surface area contributed by atoms with Crippen LogP contribution in [-0.4, -0.2) is 35.6 Å². The normalized spacial score (nSPS) is 17.0. The van der Waals surface area contributed by atoms with Gasteiger partial charge >= 0.3 is 6.18 Å². The Labute approximate surface area is 167 Å². The highest BCUT2D eigenvalue weighted by Gasteiger charge is 2.34. The second kappa shape index (κ2) is 8.94. The molecule has 2 N–H and O–H groups in total. The lowest BCUT2D eigenvalue weighted by Gasteiger charge is -2.20. The predicted molar refractivity (Wildman–Crippen MR) is 105 cm³/mol. The van der Waals surface area contributed by atoms with Crippen LogP contribution in [0.1, 0.15) is 37.9 Å². The molecule has 1 aromatic carbocycles. The van der Waals surface area contributed by atoms with Gasteiger partial charge in [0.2, 0.25) is 5.95 Å². The van der Waals surface area contributed by atoms with E-state index in [1.165, 1.54) is 6.07 Å². The van der Waals surface area contributed by atoms with Crippen LogP contribution in [0, 0.1) is 5.82 Å². The summed E-state index contributed by atoms with van der Waals surface area (Å²) >= 11 is 0. The van der Waals surface area contributed by atoms with Gasteiger partial charge in [-0.25, -0.2) is 9.37 Å². The third-order valence-electron chi connectivity index (χ3n) is 4.80. The van der Waals surface area contributed by atoms with Crippen molar-refractivity contribution in [3.05, 3.63) is 41.3 Å². The molecular formula is C20H25F4N5. The summed E-state index contributed by atoms with van der Waals surface area (Å²) in [5.74, 6) is -0.363. The molecule has 0 bridgehead atoms. The second-order valence-corrected chi connectivity index (χ2v) is 7.10. The van der Waals surface area contributed by atoms with Gasteiger partial charge in [-0.3, -0.25) is 0 Å². The van der Waals surface area contributed by atoms with Crippen LogP contribution in [0.5, 0.6) is 0 Å². The Bertz CT molecular complexity index is 840. The van der Waals surface area contributed by atoms with Gasteiger partial charge in [0, 0.05) is 36.6 Å². The molecule has 9 heteroatoms. The Morgan fingerprint density at radius 3 is 2.66 bits per heavy atom. The van der Waals surface area contributed by atoms with E-state index in [4.69, 9.17) is 0 Å². The number of aromatic nitrogens is 2. The average Bonchev–Trinajstić information content (AvgIpc) is 3.12. The number of likely N-dealkylation sites (N-methyl/N-ethyl adjacent to an activating group) is 1. The minimum atomic E-state index is -4.77. The van der Waals surface area contributed by atoms with E-state index in [2.05, 4.69) is 32.4 Å². The summed E-state index contributed by atoms with van der Waals surface area (Å²) in [7, 11) is 0. The molecule has 2 heterocycles. The smallest absolute Gasteiger partial charge is 0.355 e. The molecule has 1 aromatic heterocycles. The third-order valence-corrected chi connectivity index (χ3v) is 4.80. The van der Waals surface area contributed by atoms with Crippen LogP contribution in [0.4, 0.5) is 35.0 Å². The monoisotopic (exact) mass is 411 g/mol. The molecule has 1 aliphatic heterocycles.